The highest BCUT2D eigenvalue weighted by atomic mass is 32.2. The minimum Gasteiger partial charge on any atom is -0.419 e. The van der Waals surface area contributed by atoms with Crippen LogP contribution >= 0.6 is 0 Å². The largest absolute Gasteiger partial charge is 0.419 e. The summed E-state index contributed by atoms with van der Waals surface area (Å²) in [5.41, 5.74) is 1.65. The molecule has 0 aliphatic rings. The monoisotopic (exact) mass is 344 g/mol. The highest BCUT2D eigenvalue weighted by Gasteiger charge is 2.13. The van der Waals surface area contributed by atoms with Crippen LogP contribution in [0, 0.1) is 0 Å². The lowest BCUT2D eigenvalue weighted by molar-refractivity contribution is 0.492. The maximum absolute atomic E-state index is 11.9. The number of nitrogens with zero attached hydrogens (tertiary/aromatic N) is 2. The lowest BCUT2D eigenvalue weighted by Gasteiger charge is -2.06. The van der Waals surface area contributed by atoms with E-state index in [9.17, 15) is 8.42 Å². The molecule has 0 saturated heterocycles. The van der Waals surface area contributed by atoms with Crippen molar-refractivity contribution >= 4 is 10.2 Å². The quantitative estimate of drug-likeness (QED) is 0.682. The molecular formula is C16H16N4O3S. The first-order valence-electron chi connectivity index (χ1n) is 7.28. The Kier molecular flexibility index (Phi) is 4.99. The van der Waals surface area contributed by atoms with Crippen LogP contribution in [0.5, 0.6) is 0 Å². The van der Waals surface area contributed by atoms with Gasteiger partial charge in [0.25, 0.3) is 10.2 Å². The van der Waals surface area contributed by atoms with E-state index in [4.69, 9.17) is 4.42 Å². The molecule has 0 aliphatic heterocycles. The second-order valence-electron chi connectivity index (χ2n) is 5.00. The fourth-order valence-electron chi connectivity index (χ4n) is 2.00. The Balaban J connectivity index is 1.56. The van der Waals surface area contributed by atoms with Crippen LogP contribution in [-0.4, -0.2) is 18.6 Å². The van der Waals surface area contributed by atoms with E-state index in [1.54, 1.807) is 0 Å². The normalized spacial score (nSPS) is 11.5. The SMILES string of the molecule is O=S(=O)(NCc1ccccc1)NCc1nnc(-c2ccccc2)o1. The van der Waals surface area contributed by atoms with Gasteiger partial charge in [-0.15, -0.1) is 10.2 Å². The molecule has 7 nitrogen and oxygen atoms in total. The molecule has 3 rings (SSSR count). The van der Waals surface area contributed by atoms with Gasteiger partial charge in [-0.2, -0.15) is 17.9 Å². The molecule has 0 bridgehead atoms. The summed E-state index contributed by atoms with van der Waals surface area (Å²) in [5.74, 6) is 0.543. The van der Waals surface area contributed by atoms with Crippen LogP contribution in [0.2, 0.25) is 0 Å². The van der Waals surface area contributed by atoms with E-state index >= 15 is 0 Å². The summed E-state index contributed by atoms with van der Waals surface area (Å²) in [6.45, 7) is 0.124. The highest BCUT2D eigenvalue weighted by molar-refractivity contribution is 7.87. The van der Waals surface area contributed by atoms with Gasteiger partial charge in [-0.3, -0.25) is 0 Å². The number of benzene rings is 2. The first-order valence-corrected chi connectivity index (χ1v) is 8.77. The molecule has 0 atom stereocenters. The Bertz CT molecular complexity index is 880. The smallest absolute Gasteiger partial charge is 0.277 e. The number of hydrogen-bond donors (Lipinski definition) is 2. The van der Waals surface area contributed by atoms with E-state index in [1.165, 1.54) is 0 Å². The predicted molar refractivity (Wildman–Crippen MR) is 88.8 cm³/mol. The number of aromatic nitrogens is 2. The minimum absolute atomic E-state index is 0.0794. The first-order chi connectivity index (χ1) is 11.6. The molecule has 0 radical (unpaired) electrons. The van der Waals surface area contributed by atoms with Gasteiger partial charge in [-0.1, -0.05) is 48.5 Å². The fourth-order valence-corrected chi connectivity index (χ4v) is 2.78. The van der Waals surface area contributed by atoms with Crippen molar-refractivity contribution in [2.45, 2.75) is 13.1 Å². The van der Waals surface area contributed by atoms with Crippen molar-refractivity contribution in [3.8, 4) is 11.5 Å². The maximum Gasteiger partial charge on any atom is 0.277 e. The average molecular weight is 344 g/mol. The summed E-state index contributed by atoms with van der Waals surface area (Å²) in [6.07, 6.45) is 0. The molecule has 1 heterocycles. The van der Waals surface area contributed by atoms with Crippen molar-refractivity contribution in [1.29, 1.82) is 0 Å². The van der Waals surface area contributed by atoms with E-state index in [0.717, 1.165) is 11.1 Å². The molecule has 0 spiro atoms. The molecular weight excluding hydrogens is 328 g/mol. The molecule has 0 saturated carbocycles. The standard InChI is InChI=1S/C16H16N4O3S/c21-24(22,17-11-13-7-3-1-4-8-13)18-12-15-19-20-16(23-15)14-9-5-2-6-10-14/h1-10,17-18H,11-12H2. The second-order valence-corrected chi connectivity index (χ2v) is 6.58. The lowest BCUT2D eigenvalue weighted by atomic mass is 10.2. The van der Waals surface area contributed by atoms with Gasteiger partial charge in [0.05, 0.1) is 6.54 Å². The zero-order valence-corrected chi connectivity index (χ0v) is 13.5. The van der Waals surface area contributed by atoms with Crippen LogP contribution in [0.4, 0.5) is 0 Å². The van der Waals surface area contributed by atoms with Gasteiger partial charge in [0.1, 0.15) is 0 Å². The molecule has 0 amide bonds. The van der Waals surface area contributed by atoms with E-state index in [-0.39, 0.29) is 19.0 Å². The van der Waals surface area contributed by atoms with Crippen molar-refractivity contribution in [1.82, 2.24) is 19.6 Å². The van der Waals surface area contributed by atoms with Crippen LogP contribution in [-0.2, 0) is 23.3 Å². The molecule has 0 unspecified atom stereocenters. The summed E-state index contributed by atoms with van der Waals surface area (Å²) in [4.78, 5) is 0. The number of hydrogen-bond acceptors (Lipinski definition) is 5. The molecule has 1 aromatic heterocycles. The molecule has 0 fully saturated rings. The van der Waals surface area contributed by atoms with E-state index < -0.39 is 10.2 Å². The Morgan fingerprint density at radius 2 is 1.46 bits per heavy atom. The zero-order chi connectivity index (χ0) is 16.8. The van der Waals surface area contributed by atoms with Gasteiger partial charge in [0.2, 0.25) is 11.8 Å². The Labute approximate surface area is 139 Å². The third-order valence-corrected chi connectivity index (χ3v) is 4.26. The topological polar surface area (TPSA) is 97.1 Å². The lowest BCUT2D eigenvalue weighted by Crippen LogP contribution is -2.35. The van der Waals surface area contributed by atoms with E-state index in [2.05, 4.69) is 19.6 Å². The van der Waals surface area contributed by atoms with Crippen LogP contribution in [0.25, 0.3) is 11.5 Å². The molecule has 24 heavy (non-hydrogen) atoms. The van der Waals surface area contributed by atoms with Crippen molar-refractivity contribution in [3.05, 3.63) is 72.1 Å². The van der Waals surface area contributed by atoms with Crippen LogP contribution in [0.3, 0.4) is 0 Å². The second kappa shape index (κ2) is 7.35. The van der Waals surface area contributed by atoms with Gasteiger partial charge in [0, 0.05) is 12.1 Å². The first kappa shape index (κ1) is 16.3. The van der Waals surface area contributed by atoms with Crippen molar-refractivity contribution in [3.63, 3.8) is 0 Å². The maximum atomic E-state index is 11.9. The Hall–Kier alpha value is -2.55. The van der Waals surface area contributed by atoms with Crippen molar-refractivity contribution < 1.29 is 12.8 Å². The number of rotatable bonds is 7. The summed E-state index contributed by atoms with van der Waals surface area (Å²) < 4.78 is 34.2. The van der Waals surface area contributed by atoms with Gasteiger partial charge in [-0.05, 0) is 17.7 Å². The Morgan fingerprint density at radius 1 is 0.833 bits per heavy atom. The third kappa shape index (κ3) is 4.48. The van der Waals surface area contributed by atoms with Crippen LogP contribution < -0.4 is 9.44 Å². The molecule has 2 N–H and O–H groups in total. The molecule has 2 aromatic carbocycles. The van der Waals surface area contributed by atoms with Crippen LogP contribution in [0.15, 0.2) is 65.1 Å². The van der Waals surface area contributed by atoms with Crippen molar-refractivity contribution in [2.24, 2.45) is 0 Å². The summed E-state index contributed by atoms with van der Waals surface area (Å²) in [5, 5.41) is 7.75. The molecule has 0 aliphatic carbocycles. The van der Waals surface area contributed by atoms with E-state index in [1.807, 2.05) is 60.7 Å². The fraction of sp³-hybridized carbons (Fsp3) is 0.125. The molecule has 8 heteroatoms. The van der Waals surface area contributed by atoms with Gasteiger partial charge < -0.3 is 4.42 Å². The molecule has 3 aromatic rings. The highest BCUT2D eigenvalue weighted by Crippen LogP contribution is 2.16. The Morgan fingerprint density at radius 3 is 2.17 bits per heavy atom. The average Bonchev–Trinajstić information content (AvgIpc) is 3.09. The summed E-state index contributed by atoms with van der Waals surface area (Å²) in [6, 6.07) is 18.5. The van der Waals surface area contributed by atoms with Gasteiger partial charge in [-0.25, -0.2) is 0 Å². The van der Waals surface area contributed by atoms with Crippen molar-refractivity contribution in [2.75, 3.05) is 0 Å². The third-order valence-electron chi connectivity index (χ3n) is 3.21. The minimum atomic E-state index is -3.66. The summed E-state index contributed by atoms with van der Waals surface area (Å²) >= 11 is 0. The predicted octanol–water partition coefficient (Wildman–Crippen LogP) is 1.86. The van der Waals surface area contributed by atoms with E-state index in [0.29, 0.717) is 5.89 Å². The number of nitrogens with one attached hydrogen (secondary N) is 2. The molecule has 124 valence electrons. The van der Waals surface area contributed by atoms with Crippen LogP contribution in [0.1, 0.15) is 11.5 Å². The van der Waals surface area contributed by atoms with Gasteiger partial charge in [0.15, 0.2) is 0 Å². The zero-order valence-electron chi connectivity index (χ0n) is 12.7. The van der Waals surface area contributed by atoms with Gasteiger partial charge >= 0.3 is 0 Å². The summed E-state index contributed by atoms with van der Waals surface area (Å²) in [7, 11) is -3.66.